The first kappa shape index (κ1) is 19.7. The van der Waals surface area contributed by atoms with Gasteiger partial charge in [-0.1, -0.05) is 12.1 Å². The van der Waals surface area contributed by atoms with E-state index >= 15 is 0 Å². The number of carbonyl (C=O) groups is 1. The predicted octanol–water partition coefficient (Wildman–Crippen LogP) is 3.53. The van der Waals surface area contributed by atoms with Gasteiger partial charge in [0.2, 0.25) is 0 Å². The van der Waals surface area contributed by atoms with Crippen molar-refractivity contribution in [2.75, 3.05) is 19.0 Å². The van der Waals surface area contributed by atoms with Gasteiger partial charge in [-0.3, -0.25) is 4.79 Å². The van der Waals surface area contributed by atoms with Crippen LogP contribution in [-0.4, -0.2) is 24.7 Å². The Morgan fingerprint density at radius 1 is 1.18 bits per heavy atom. The van der Waals surface area contributed by atoms with E-state index in [0.717, 1.165) is 11.3 Å². The van der Waals surface area contributed by atoms with E-state index in [4.69, 9.17) is 21.7 Å². The highest BCUT2D eigenvalue weighted by Gasteiger charge is 2.30. The summed E-state index contributed by atoms with van der Waals surface area (Å²) in [6.45, 7) is 4.36. The van der Waals surface area contributed by atoms with Gasteiger partial charge in [0, 0.05) is 11.4 Å². The van der Waals surface area contributed by atoms with E-state index in [1.807, 2.05) is 62.4 Å². The van der Waals surface area contributed by atoms with E-state index in [-0.39, 0.29) is 11.9 Å². The zero-order valence-electron chi connectivity index (χ0n) is 16.0. The van der Waals surface area contributed by atoms with E-state index in [0.29, 0.717) is 34.4 Å². The number of rotatable bonds is 6. The second-order valence-corrected chi connectivity index (χ2v) is 6.67. The molecule has 0 aliphatic carbocycles. The fourth-order valence-electron chi connectivity index (χ4n) is 3.07. The van der Waals surface area contributed by atoms with Crippen LogP contribution in [0.5, 0.6) is 11.5 Å². The normalized spacial score (nSPS) is 16.1. The van der Waals surface area contributed by atoms with Crippen molar-refractivity contribution in [2.24, 2.45) is 0 Å². The SMILES string of the molecule is CCOc1ccc(NC(=O)C2=C(C)NC(=S)N[C@H]2c2cccc(OC)c2)cc1. The molecule has 0 aromatic heterocycles. The maximum Gasteiger partial charge on any atom is 0.255 e. The molecule has 146 valence electrons. The molecule has 0 radical (unpaired) electrons. The van der Waals surface area contributed by atoms with Crippen LogP contribution in [0.3, 0.4) is 0 Å². The summed E-state index contributed by atoms with van der Waals surface area (Å²) in [6.07, 6.45) is 0. The van der Waals surface area contributed by atoms with Crippen molar-refractivity contribution in [1.29, 1.82) is 0 Å². The van der Waals surface area contributed by atoms with Gasteiger partial charge in [-0.2, -0.15) is 0 Å². The number of hydrogen-bond donors (Lipinski definition) is 3. The summed E-state index contributed by atoms with van der Waals surface area (Å²) >= 11 is 5.30. The molecule has 3 rings (SSSR count). The number of methoxy groups -OCH3 is 1. The number of benzene rings is 2. The zero-order valence-corrected chi connectivity index (χ0v) is 16.9. The Hall–Kier alpha value is -3.06. The molecule has 0 fully saturated rings. The first-order chi connectivity index (χ1) is 13.5. The summed E-state index contributed by atoms with van der Waals surface area (Å²) in [7, 11) is 1.61. The molecule has 7 heteroatoms. The fraction of sp³-hybridized carbons (Fsp3) is 0.238. The van der Waals surface area contributed by atoms with E-state index < -0.39 is 0 Å². The van der Waals surface area contributed by atoms with Crippen LogP contribution in [0.1, 0.15) is 25.5 Å². The third kappa shape index (κ3) is 4.43. The molecule has 1 atom stereocenters. The highest BCUT2D eigenvalue weighted by atomic mass is 32.1. The largest absolute Gasteiger partial charge is 0.497 e. The molecule has 0 spiro atoms. The third-order valence-corrected chi connectivity index (χ3v) is 4.58. The Morgan fingerprint density at radius 3 is 2.61 bits per heavy atom. The van der Waals surface area contributed by atoms with Gasteiger partial charge in [0.15, 0.2) is 5.11 Å². The maximum absolute atomic E-state index is 13.1. The first-order valence-electron chi connectivity index (χ1n) is 8.98. The maximum atomic E-state index is 13.1. The van der Waals surface area contributed by atoms with Crippen LogP contribution < -0.4 is 25.4 Å². The molecular formula is C21H23N3O3S. The standard InChI is InChI=1S/C21H23N3O3S/c1-4-27-16-10-8-15(9-11-16)23-20(25)18-13(2)22-21(28)24-19(18)14-6-5-7-17(12-14)26-3/h5-12,19H,4H2,1-3H3,(H,23,25)(H2,22,24,28)/t19-/m0/s1. The topological polar surface area (TPSA) is 71.6 Å². The summed E-state index contributed by atoms with van der Waals surface area (Å²) in [4.78, 5) is 13.1. The number of thiocarbonyl (C=S) groups is 1. The van der Waals surface area contributed by atoms with Crippen molar-refractivity contribution in [3.05, 3.63) is 65.4 Å². The fourth-order valence-corrected chi connectivity index (χ4v) is 3.34. The molecule has 1 aliphatic heterocycles. The monoisotopic (exact) mass is 397 g/mol. The molecule has 2 aromatic rings. The van der Waals surface area contributed by atoms with Gasteiger partial charge in [0.05, 0.1) is 25.3 Å². The number of nitrogens with one attached hydrogen (secondary N) is 3. The number of ether oxygens (including phenoxy) is 2. The van der Waals surface area contributed by atoms with Crippen LogP contribution >= 0.6 is 12.2 Å². The third-order valence-electron chi connectivity index (χ3n) is 4.36. The van der Waals surface area contributed by atoms with Gasteiger partial charge in [0.25, 0.3) is 5.91 Å². The molecule has 28 heavy (non-hydrogen) atoms. The van der Waals surface area contributed by atoms with E-state index in [1.165, 1.54) is 0 Å². The molecule has 0 saturated carbocycles. The average molecular weight is 398 g/mol. The minimum Gasteiger partial charge on any atom is -0.497 e. The highest BCUT2D eigenvalue weighted by Crippen LogP contribution is 2.30. The number of hydrogen-bond acceptors (Lipinski definition) is 4. The molecule has 1 amide bonds. The minimum atomic E-state index is -0.383. The van der Waals surface area contributed by atoms with Gasteiger partial charge in [-0.25, -0.2) is 0 Å². The average Bonchev–Trinajstić information content (AvgIpc) is 2.69. The quantitative estimate of drug-likeness (QED) is 0.648. The summed E-state index contributed by atoms with van der Waals surface area (Å²) < 4.78 is 10.8. The Labute approximate surface area is 169 Å². The van der Waals surface area contributed by atoms with Crippen molar-refractivity contribution >= 4 is 28.9 Å². The zero-order chi connectivity index (χ0) is 20.1. The lowest BCUT2D eigenvalue weighted by atomic mass is 9.94. The number of amides is 1. The van der Waals surface area contributed by atoms with E-state index in [1.54, 1.807) is 7.11 Å². The number of allylic oxidation sites excluding steroid dienone is 1. The van der Waals surface area contributed by atoms with Crippen LogP contribution in [0.25, 0.3) is 0 Å². The number of carbonyl (C=O) groups excluding carboxylic acids is 1. The van der Waals surface area contributed by atoms with Crippen molar-refractivity contribution < 1.29 is 14.3 Å². The van der Waals surface area contributed by atoms with Crippen LogP contribution in [0.15, 0.2) is 59.8 Å². The summed E-state index contributed by atoms with van der Waals surface area (Å²) in [5.41, 5.74) is 2.85. The van der Waals surface area contributed by atoms with Gasteiger partial charge in [-0.15, -0.1) is 0 Å². The van der Waals surface area contributed by atoms with Crippen LogP contribution in [0.2, 0.25) is 0 Å². The van der Waals surface area contributed by atoms with Gasteiger partial charge in [0.1, 0.15) is 11.5 Å². The molecule has 0 bridgehead atoms. The molecule has 0 saturated heterocycles. The van der Waals surface area contributed by atoms with Crippen molar-refractivity contribution in [3.63, 3.8) is 0 Å². The van der Waals surface area contributed by atoms with Crippen LogP contribution in [0, 0.1) is 0 Å². The Bertz CT molecular complexity index is 909. The molecule has 0 unspecified atom stereocenters. The summed E-state index contributed by atoms with van der Waals surface area (Å²) in [5.74, 6) is 1.26. The van der Waals surface area contributed by atoms with Gasteiger partial charge < -0.3 is 25.4 Å². The van der Waals surface area contributed by atoms with Crippen molar-refractivity contribution in [3.8, 4) is 11.5 Å². The van der Waals surface area contributed by atoms with E-state index in [2.05, 4.69) is 16.0 Å². The van der Waals surface area contributed by atoms with E-state index in [9.17, 15) is 4.79 Å². The second kappa shape index (κ2) is 8.75. The Morgan fingerprint density at radius 2 is 1.93 bits per heavy atom. The smallest absolute Gasteiger partial charge is 0.255 e. The van der Waals surface area contributed by atoms with Crippen LogP contribution in [0.4, 0.5) is 5.69 Å². The van der Waals surface area contributed by atoms with Crippen molar-refractivity contribution in [1.82, 2.24) is 10.6 Å². The molecule has 1 aliphatic rings. The molecule has 6 nitrogen and oxygen atoms in total. The molecular weight excluding hydrogens is 374 g/mol. The predicted molar refractivity (Wildman–Crippen MR) is 114 cm³/mol. The highest BCUT2D eigenvalue weighted by molar-refractivity contribution is 7.80. The van der Waals surface area contributed by atoms with Gasteiger partial charge >= 0.3 is 0 Å². The van der Waals surface area contributed by atoms with Crippen molar-refractivity contribution in [2.45, 2.75) is 19.9 Å². The second-order valence-electron chi connectivity index (χ2n) is 6.26. The lowest BCUT2D eigenvalue weighted by Gasteiger charge is -2.30. The summed E-state index contributed by atoms with van der Waals surface area (Å²) in [5, 5.41) is 9.64. The molecule has 3 N–H and O–H groups in total. The van der Waals surface area contributed by atoms with Crippen LogP contribution in [-0.2, 0) is 4.79 Å². The lowest BCUT2D eigenvalue weighted by molar-refractivity contribution is -0.113. The first-order valence-corrected chi connectivity index (χ1v) is 9.39. The lowest BCUT2D eigenvalue weighted by Crippen LogP contribution is -2.45. The number of anilines is 1. The molecule has 1 heterocycles. The van der Waals surface area contributed by atoms with Gasteiger partial charge in [-0.05, 0) is 68.0 Å². The Balaban J connectivity index is 1.88. The minimum absolute atomic E-state index is 0.211. The Kier molecular flexibility index (Phi) is 6.16. The molecule has 2 aromatic carbocycles. The summed E-state index contributed by atoms with van der Waals surface area (Å²) in [6, 6.07) is 14.5.